The Balaban J connectivity index is 2.24. The normalized spacial score (nSPS) is 32.3. The first-order valence-corrected chi connectivity index (χ1v) is 7.01. The second kappa shape index (κ2) is 5.51. The Hall–Kier alpha value is -1.06. The third kappa shape index (κ3) is 2.63. The van der Waals surface area contributed by atoms with E-state index in [4.69, 9.17) is 15.2 Å². The maximum Gasteiger partial charge on any atom is 0.121 e. The van der Waals surface area contributed by atoms with E-state index in [1.807, 2.05) is 6.07 Å². The molecule has 0 radical (unpaired) electrons. The lowest BCUT2D eigenvalue weighted by molar-refractivity contribution is 0.0489. The average Bonchev–Trinajstić information content (AvgIpc) is 2.62. The van der Waals surface area contributed by atoms with Gasteiger partial charge in [-0.25, -0.2) is 0 Å². The molecule has 0 aromatic heterocycles. The van der Waals surface area contributed by atoms with Crippen LogP contribution in [-0.4, -0.2) is 19.3 Å². The maximum atomic E-state index is 6.48. The van der Waals surface area contributed by atoms with E-state index in [2.05, 4.69) is 39.8 Å². The summed E-state index contributed by atoms with van der Waals surface area (Å²) in [6.45, 7) is 8.54. The molecule has 1 aromatic carbocycles. The van der Waals surface area contributed by atoms with Crippen LogP contribution in [0.5, 0.6) is 5.75 Å². The molecule has 5 unspecified atom stereocenters. The van der Waals surface area contributed by atoms with E-state index in [1.54, 1.807) is 7.11 Å². The second-order valence-corrected chi connectivity index (χ2v) is 5.74. The first-order valence-electron chi connectivity index (χ1n) is 7.01. The predicted molar refractivity (Wildman–Crippen MR) is 77.3 cm³/mol. The first kappa shape index (κ1) is 14.4. The topological polar surface area (TPSA) is 44.5 Å². The number of hydrogen-bond acceptors (Lipinski definition) is 3. The quantitative estimate of drug-likeness (QED) is 0.911. The molecule has 1 aliphatic rings. The summed E-state index contributed by atoms with van der Waals surface area (Å²) in [6, 6.07) is 6.21. The average molecular weight is 263 g/mol. The molecule has 0 saturated carbocycles. The smallest absolute Gasteiger partial charge is 0.121 e. The molecule has 3 heteroatoms. The van der Waals surface area contributed by atoms with Crippen LogP contribution < -0.4 is 10.5 Å². The molecule has 19 heavy (non-hydrogen) atoms. The molecule has 3 nitrogen and oxygen atoms in total. The van der Waals surface area contributed by atoms with E-state index in [-0.39, 0.29) is 18.2 Å². The van der Waals surface area contributed by atoms with Crippen LogP contribution >= 0.6 is 0 Å². The van der Waals surface area contributed by atoms with E-state index in [9.17, 15) is 0 Å². The molecule has 0 spiro atoms. The van der Waals surface area contributed by atoms with Gasteiger partial charge in [-0.05, 0) is 43.9 Å². The lowest BCUT2D eigenvalue weighted by Crippen LogP contribution is -2.30. The molecule has 106 valence electrons. The number of rotatable bonds is 3. The highest BCUT2D eigenvalue weighted by Crippen LogP contribution is 2.39. The van der Waals surface area contributed by atoms with Gasteiger partial charge in [-0.3, -0.25) is 0 Å². The Morgan fingerprint density at radius 3 is 2.37 bits per heavy atom. The maximum absolute atomic E-state index is 6.48. The fourth-order valence-electron chi connectivity index (χ4n) is 3.24. The first-order chi connectivity index (χ1) is 8.95. The summed E-state index contributed by atoms with van der Waals surface area (Å²) >= 11 is 0. The summed E-state index contributed by atoms with van der Waals surface area (Å²) in [5.41, 5.74) is 8.78. The third-order valence-electron chi connectivity index (χ3n) is 4.54. The van der Waals surface area contributed by atoms with Crippen LogP contribution in [0.4, 0.5) is 0 Å². The van der Waals surface area contributed by atoms with Gasteiger partial charge >= 0.3 is 0 Å². The van der Waals surface area contributed by atoms with E-state index in [1.165, 1.54) is 5.56 Å². The van der Waals surface area contributed by atoms with E-state index >= 15 is 0 Å². The molecule has 0 bridgehead atoms. The van der Waals surface area contributed by atoms with Crippen LogP contribution in [0.15, 0.2) is 18.2 Å². The largest absolute Gasteiger partial charge is 0.496 e. The van der Waals surface area contributed by atoms with E-state index < -0.39 is 0 Å². The van der Waals surface area contributed by atoms with Gasteiger partial charge in [0.2, 0.25) is 0 Å². The number of ether oxygens (including phenoxy) is 2. The minimum Gasteiger partial charge on any atom is -0.496 e. The van der Waals surface area contributed by atoms with Gasteiger partial charge in [-0.1, -0.05) is 19.1 Å². The Bertz CT molecular complexity index is 446. The predicted octanol–water partition coefficient (Wildman–Crippen LogP) is 3.06. The monoisotopic (exact) mass is 263 g/mol. The Morgan fingerprint density at radius 1 is 1.21 bits per heavy atom. The number of hydrogen-bond donors (Lipinski definition) is 1. The SMILES string of the molecule is COc1ccc(C(N)C2C(C)OC(C)C2C)cc1C. The van der Waals surface area contributed by atoms with Gasteiger partial charge < -0.3 is 15.2 Å². The summed E-state index contributed by atoms with van der Waals surface area (Å²) in [7, 11) is 1.69. The van der Waals surface area contributed by atoms with Crippen molar-refractivity contribution in [1.82, 2.24) is 0 Å². The molecule has 1 saturated heterocycles. The summed E-state index contributed by atoms with van der Waals surface area (Å²) in [5.74, 6) is 1.75. The van der Waals surface area contributed by atoms with Crippen molar-refractivity contribution in [3.63, 3.8) is 0 Å². The Kier molecular flexibility index (Phi) is 4.16. The van der Waals surface area contributed by atoms with Crippen molar-refractivity contribution in [2.75, 3.05) is 7.11 Å². The van der Waals surface area contributed by atoms with Crippen molar-refractivity contribution in [3.8, 4) is 5.75 Å². The van der Waals surface area contributed by atoms with Crippen molar-refractivity contribution in [1.29, 1.82) is 0 Å². The minimum atomic E-state index is 0.0135. The molecule has 1 heterocycles. The summed E-state index contributed by atoms with van der Waals surface area (Å²) in [4.78, 5) is 0. The highest BCUT2D eigenvalue weighted by atomic mass is 16.5. The molecule has 5 atom stereocenters. The van der Waals surface area contributed by atoms with E-state index in [0.717, 1.165) is 11.3 Å². The van der Waals surface area contributed by atoms with Crippen LogP contribution in [0.2, 0.25) is 0 Å². The van der Waals surface area contributed by atoms with Crippen molar-refractivity contribution in [3.05, 3.63) is 29.3 Å². The van der Waals surface area contributed by atoms with Gasteiger partial charge in [0.25, 0.3) is 0 Å². The fourth-order valence-corrected chi connectivity index (χ4v) is 3.24. The summed E-state index contributed by atoms with van der Waals surface area (Å²) in [5, 5.41) is 0. The van der Waals surface area contributed by atoms with Gasteiger partial charge in [-0.15, -0.1) is 0 Å². The number of aryl methyl sites for hydroxylation is 1. The van der Waals surface area contributed by atoms with Crippen molar-refractivity contribution >= 4 is 0 Å². The molecule has 0 amide bonds. The van der Waals surface area contributed by atoms with Crippen molar-refractivity contribution < 1.29 is 9.47 Å². The molecule has 2 N–H and O–H groups in total. The van der Waals surface area contributed by atoms with Crippen LogP contribution in [0, 0.1) is 18.8 Å². The van der Waals surface area contributed by atoms with Crippen molar-refractivity contribution in [2.24, 2.45) is 17.6 Å². The molecule has 1 aromatic rings. The lowest BCUT2D eigenvalue weighted by atomic mass is 9.81. The fraction of sp³-hybridized carbons (Fsp3) is 0.625. The number of methoxy groups -OCH3 is 1. The lowest BCUT2D eigenvalue weighted by Gasteiger charge is -2.26. The standard InChI is InChI=1S/C16H25NO2/c1-9-8-13(6-7-14(9)18-5)16(17)15-10(2)11(3)19-12(15)4/h6-8,10-12,15-16H,17H2,1-5H3. The minimum absolute atomic E-state index is 0.0135. The Morgan fingerprint density at radius 2 is 1.89 bits per heavy atom. The number of nitrogens with two attached hydrogens (primary N) is 1. The Labute approximate surface area is 116 Å². The zero-order valence-electron chi connectivity index (χ0n) is 12.5. The zero-order chi connectivity index (χ0) is 14.2. The second-order valence-electron chi connectivity index (χ2n) is 5.74. The third-order valence-corrected chi connectivity index (χ3v) is 4.54. The van der Waals surface area contributed by atoms with Gasteiger partial charge in [0.05, 0.1) is 19.3 Å². The van der Waals surface area contributed by atoms with Crippen LogP contribution in [0.1, 0.15) is 37.9 Å². The molecular weight excluding hydrogens is 238 g/mol. The van der Waals surface area contributed by atoms with Gasteiger partial charge in [-0.2, -0.15) is 0 Å². The molecule has 0 aliphatic carbocycles. The number of benzene rings is 1. The summed E-state index contributed by atoms with van der Waals surface area (Å²) in [6.07, 6.45) is 0.493. The highest BCUT2D eigenvalue weighted by Gasteiger charge is 2.40. The van der Waals surface area contributed by atoms with Crippen LogP contribution in [0.25, 0.3) is 0 Å². The zero-order valence-corrected chi connectivity index (χ0v) is 12.5. The van der Waals surface area contributed by atoms with Crippen molar-refractivity contribution in [2.45, 2.75) is 45.9 Å². The van der Waals surface area contributed by atoms with Crippen LogP contribution in [0.3, 0.4) is 0 Å². The molecule has 1 fully saturated rings. The molecule has 1 aliphatic heterocycles. The van der Waals surface area contributed by atoms with Gasteiger partial charge in [0.1, 0.15) is 5.75 Å². The van der Waals surface area contributed by atoms with E-state index in [0.29, 0.717) is 11.8 Å². The van der Waals surface area contributed by atoms with Crippen LogP contribution in [-0.2, 0) is 4.74 Å². The van der Waals surface area contributed by atoms with Gasteiger partial charge in [0.15, 0.2) is 0 Å². The molecule has 2 rings (SSSR count). The summed E-state index contributed by atoms with van der Waals surface area (Å²) < 4.78 is 11.2. The highest BCUT2D eigenvalue weighted by molar-refractivity contribution is 5.37. The molecular formula is C16H25NO2. The van der Waals surface area contributed by atoms with Gasteiger partial charge in [0, 0.05) is 12.0 Å².